The summed E-state index contributed by atoms with van der Waals surface area (Å²) in [6, 6.07) is 13.7. The van der Waals surface area contributed by atoms with Crippen LogP contribution >= 0.6 is 43.6 Å². The summed E-state index contributed by atoms with van der Waals surface area (Å²) >= 11 is 8.44. The lowest BCUT2D eigenvalue weighted by Gasteiger charge is -2.08. The molecule has 2 rings (SSSR count). The zero-order valence-electron chi connectivity index (χ0n) is 10.8. The zero-order chi connectivity index (χ0) is 14.5. The molecule has 0 aliphatic rings. The van der Waals surface area contributed by atoms with E-state index in [-0.39, 0.29) is 5.91 Å². The summed E-state index contributed by atoms with van der Waals surface area (Å²) in [6.45, 7) is 2.01. The lowest BCUT2D eigenvalue weighted by atomic mass is 10.2. The first-order valence-electron chi connectivity index (χ1n) is 5.99. The first-order valence-corrected chi connectivity index (χ1v) is 8.57. The van der Waals surface area contributed by atoms with Crippen LogP contribution in [0.15, 0.2) is 56.3 Å². The second kappa shape index (κ2) is 7.29. The minimum atomic E-state index is -0.0182. The molecular formula is C15H13Br2NOS. The highest BCUT2D eigenvalue weighted by atomic mass is 79.9. The Morgan fingerprint density at radius 1 is 1.15 bits per heavy atom. The van der Waals surface area contributed by atoms with Gasteiger partial charge in [0.15, 0.2) is 0 Å². The Morgan fingerprint density at radius 2 is 1.90 bits per heavy atom. The monoisotopic (exact) mass is 413 g/mol. The van der Waals surface area contributed by atoms with Gasteiger partial charge in [-0.2, -0.15) is 0 Å². The van der Waals surface area contributed by atoms with Gasteiger partial charge < -0.3 is 5.32 Å². The lowest BCUT2D eigenvalue weighted by Crippen LogP contribution is -2.14. The van der Waals surface area contributed by atoms with Crippen molar-refractivity contribution in [3.05, 3.63) is 57.0 Å². The van der Waals surface area contributed by atoms with E-state index in [1.165, 1.54) is 11.8 Å². The molecule has 0 spiro atoms. The molecule has 0 aliphatic carbocycles. The van der Waals surface area contributed by atoms with Gasteiger partial charge in [-0.1, -0.05) is 18.2 Å². The quantitative estimate of drug-likeness (QED) is 0.692. The molecule has 20 heavy (non-hydrogen) atoms. The number of hydrogen-bond donors (Lipinski definition) is 1. The maximum Gasteiger partial charge on any atom is 0.234 e. The average Bonchev–Trinajstić information content (AvgIpc) is 2.41. The van der Waals surface area contributed by atoms with Crippen LogP contribution in [0.4, 0.5) is 5.69 Å². The van der Waals surface area contributed by atoms with E-state index in [1.54, 1.807) is 0 Å². The van der Waals surface area contributed by atoms with Crippen molar-refractivity contribution in [3.8, 4) is 0 Å². The number of rotatable bonds is 4. The number of anilines is 1. The Labute approximate surface area is 139 Å². The van der Waals surface area contributed by atoms with Gasteiger partial charge >= 0.3 is 0 Å². The van der Waals surface area contributed by atoms with Crippen LogP contribution in [0.5, 0.6) is 0 Å². The number of thioether (sulfide) groups is 1. The van der Waals surface area contributed by atoms with E-state index in [4.69, 9.17) is 0 Å². The Balaban J connectivity index is 1.94. The first-order chi connectivity index (χ1) is 9.56. The van der Waals surface area contributed by atoms with Crippen LogP contribution in [-0.4, -0.2) is 11.7 Å². The maximum atomic E-state index is 12.0. The highest BCUT2D eigenvalue weighted by Gasteiger charge is 2.07. The molecule has 0 radical (unpaired) electrons. The highest BCUT2D eigenvalue weighted by Crippen LogP contribution is 2.28. The van der Waals surface area contributed by atoms with Crippen LogP contribution in [0, 0.1) is 6.92 Å². The molecule has 0 heterocycles. The van der Waals surface area contributed by atoms with Gasteiger partial charge in [0.2, 0.25) is 5.91 Å². The molecule has 0 aromatic heterocycles. The van der Waals surface area contributed by atoms with E-state index in [1.807, 2.05) is 49.4 Å². The molecule has 2 aromatic rings. The molecule has 0 unspecified atom stereocenters. The van der Waals surface area contributed by atoms with Gasteiger partial charge in [0, 0.05) is 13.8 Å². The minimum absolute atomic E-state index is 0.0182. The molecule has 104 valence electrons. The number of aryl methyl sites for hydroxylation is 1. The summed E-state index contributed by atoms with van der Waals surface area (Å²) in [5.74, 6) is 0.360. The molecular weight excluding hydrogens is 402 g/mol. The standard InChI is InChI=1S/C15H13Br2NOS/c1-10-6-7-13(12(17)8-10)18-15(19)9-20-14-5-3-2-4-11(14)16/h2-8H,9H2,1H3,(H,18,19). The Kier molecular flexibility index (Phi) is 5.69. The van der Waals surface area contributed by atoms with Gasteiger partial charge in [-0.15, -0.1) is 11.8 Å². The third kappa shape index (κ3) is 4.36. The molecule has 2 nitrogen and oxygen atoms in total. The minimum Gasteiger partial charge on any atom is -0.324 e. The van der Waals surface area contributed by atoms with Gasteiger partial charge in [-0.25, -0.2) is 0 Å². The molecule has 1 N–H and O–H groups in total. The normalized spacial score (nSPS) is 10.3. The number of nitrogens with one attached hydrogen (secondary N) is 1. The zero-order valence-corrected chi connectivity index (χ0v) is 14.8. The molecule has 2 aromatic carbocycles. The summed E-state index contributed by atoms with van der Waals surface area (Å²) in [6.07, 6.45) is 0. The van der Waals surface area contributed by atoms with Crippen LogP contribution in [0.3, 0.4) is 0 Å². The van der Waals surface area contributed by atoms with Crippen molar-refractivity contribution in [2.75, 3.05) is 11.1 Å². The van der Waals surface area contributed by atoms with Gasteiger partial charge in [-0.3, -0.25) is 4.79 Å². The molecule has 0 aliphatic heterocycles. The van der Waals surface area contributed by atoms with Crippen molar-refractivity contribution in [3.63, 3.8) is 0 Å². The molecule has 0 saturated carbocycles. The third-order valence-corrected chi connectivity index (χ3v) is 5.28. The maximum absolute atomic E-state index is 12.0. The predicted molar refractivity (Wildman–Crippen MR) is 92.4 cm³/mol. The third-order valence-electron chi connectivity index (χ3n) is 2.59. The fourth-order valence-electron chi connectivity index (χ4n) is 1.61. The van der Waals surface area contributed by atoms with E-state index in [9.17, 15) is 4.79 Å². The fraction of sp³-hybridized carbons (Fsp3) is 0.133. The molecule has 0 bridgehead atoms. The summed E-state index contributed by atoms with van der Waals surface area (Å²) in [5, 5.41) is 2.91. The molecule has 5 heteroatoms. The number of amides is 1. The second-order valence-electron chi connectivity index (χ2n) is 4.25. The highest BCUT2D eigenvalue weighted by molar-refractivity contribution is 9.10. The smallest absolute Gasteiger partial charge is 0.234 e. The summed E-state index contributed by atoms with van der Waals surface area (Å²) in [4.78, 5) is 13.0. The number of halogens is 2. The fourth-order valence-corrected chi connectivity index (χ4v) is 3.57. The number of benzene rings is 2. The largest absolute Gasteiger partial charge is 0.324 e. The topological polar surface area (TPSA) is 29.1 Å². The van der Waals surface area contributed by atoms with Crippen molar-refractivity contribution < 1.29 is 4.79 Å². The summed E-state index contributed by atoms with van der Waals surface area (Å²) in [7, 11) is 0. The van der Waals surface area contributed by atoms with Crippen molar-refractivity contribution >= 4 is 55.2 Å². The van der Waals surface area contributed by atoms with Crippen LogP contribution < -0.4 is 5.32 Å². The first kappa shape index (κ1) is 15.6. The van der Waals surface area contributed by atoms with Gasteiger partial charge in [-0.05, 0) is 68.6 Å². The van der Waals surface area contributed by atoms with Gasteiger partial charge in [0.25, 0.3) is 0 Å². The number of carbonyl (C=O) groups is 1. The van der Waals surface area contributed by atoms with E-state index >= 15 is 0 Å². The average molecular weight is 415 g/mol. The van der Waals surface area contributed by atoms with Crippen LogP contribution in [0.1, 0.15) is 5.56 Å². The number of hydrogen-bond acceptors (Lipinski definition) is 2. The van der Waals surface area contributed by atoms with Crippen molar-refractivity contribution in [1.29, 1.82) is 0 Å². The lowest BCUT2D eigenvalue weighted by molar-refractivity contribution is -0.113. The van der Waals surface area contributed by atoms with Gasteiger partial charge in [0.1, 0.15) is 0 Å². The van der Waals surface area contributed by atoms with E-state index in [2.05, 4.69) is 37.2 Å². The van der Waals surface area contributed by atoms with Crippen LogP contribution in [0.2, 0.25) is 0 Å². The van der Waals surface area contributed by atoms with Crippen LogP contribution in [-0.2, 0) is 4.79 Å². The van der Waals surface area contributed by atoms with Crippen molar-refractivity contribution in [2.45, 2.75) is 11.8 Å². The summed E-state index contributed by atoms with van der Waals surface area (Å²) in [5.41, 5.74) is 1.95. The Bertz CT molecular complexity index is 631. The molecule has 1 amide bonds. The molecule has 0 saturated heterocycles. The molecule has 0 atom stereocenters. The Morgan fingerprint density at radius 3 is 2.60 bits per heavy atom. The Hall–Kier alpha value is -0.780. The SMILES string of the molecule is Cc1ccc(NC(=O)CSc2ccccc2Br)c(Br)c1. The van der Waals surface area contributed by atoms with Crippen molar-refractivity contribution in [1.82, 2.24) is 0 Å². The summed E-state index contributed by atoms with van der Waals surface area (Å²) < 4.78 is 1.91. The van der Waals surface area contributed by atoms with E-state index < -0.39 is 0 Å². The molecule has 0 fully saturated rings. The van der Waals surface area contributed by atoms with Crippen molar-refractivity contribution in [2.24, 2.45) is 0 Å². The van der Waals surface area contributed by atoms with Crippen LogP contribution in [0.25, 0.3) is 0 Å². The van der Waals surface area contributed by atoms with E-state index in [0.29, 0.717) is 5.75 Å². The second-order valence-corrected chi connectivity index (χ2v) is 6.98. The predicted octanol–water partition coefficient (Wildman–Crippen LogP) is 5.25. The van der Waals surface area contributed by atoms with E-state index in [0.717, 1.165) is 25.1 Å². The van der Waals surface area contributed by atoms with Gasteiger partial charge in [0.05, 0.1) is 11.4 Å². The number of carbonyl (C=O) groups excluding carboxylic acids is 1.